The third-order valence-electron chi connectivity index (χ3n) is 3.52. The Bertz CT molecular complexity index is 638. The van der Waals surface area contributed by atoms with Gasteiger partial charge in [-0.2, -0.15) is 0 Å². The number of amides is 1. The molecule has 0 spiro atoms. The summed E-state index contributed by atoms with van der Waals surface area (Å²) in [7, 11) is 0. The van der Waals surface area contributed by atoms with Crippen molar-refractivity contribution in [1.82, 2.24) is 5.32 Å². The molecule has 0 aromatic heterocycles. The topological polar surface area (TPSA) is 113 Å². The summed E-state index contributed by atoms with van der Waals surface area (Å²) in [6.45, 7) is 4.96. The zero-order chi connectivity index (χ0) is 19.9. The number of carbonyl (C=O) groups excluding carboxylic acids is 1. The lowest BCUT2D eigenvalue weighted by atomic mass is 9.92. The van der Waals surface area contributed by atoms with Crippen molar-refractivity contribution in [3.63, 3.8) is 0 Å². The van der Waals surface area contributed by atoms with Crippen molar-refractivity contribution in [3.05, 3.63) is 35.4 Å². The first-order valence-corrected chi connectivity index (χ1v) is 9.23. The summed E-state index contributed by atoms with van der Waals surface area (Å²) in [4.78, 5) is 34.8. The predicted octanol–water partition coefficient (Wildman–Crippen LogP) is 3.19. The number of carboxylic acid groups (broad SMARTS) is 2. The normalized spacial score (nSPS) is 13.5. The van der Waals surface area contributed by atoms with Gasteiger partial charge in [-0.3, -0.25) is 4.79 Å². The zero-order valence-corrected chi connectivity index (χ0v) is 16.6. The number of ether oxygens (including phenoxy) is 1. The average molecular weight is 430 g/mol. The van der Waals surface area contributed by atoms with Gasteiger partial charge in [-0.25, -0.2) is 9.59 Å². The average Bonchev–Trinajstić information content (AvgIpc) is 2.52. The number of hydrogen-bond donors (Lipinski definition) is 3. The van der Waals surface area contributed by atoms with Crippen LogP contribution in [0.5, 0.6) is 0 Å². The van der Waals surface area contributed by atoms with Gasteiger partial charge in [0.1, 0.15) is 11.6 Å². The highest BCUT2D eigenvalue weighted by Crippen LogP contribution is 2.17. The van der Waals surface area contributed by atoms with Crippen LogP contribution in [-0.2, 0) is 26.1 Å². The summed E-state index contributed by atoms with van der Waals surface area (Å²) in [6, 6.07) is 6.01. The second kappa shape index (κ2) is 9.56. The molecule has 2 atom stereocenters. The number of alkyl halides is 1. The molecular formula is C18H24BrNO6. The molecule has 0 aliphatic rings. The predicted molar refractivity (Wildman–Crippen MR) is 99.3 cm³/mol. The maximum Gasteiger partial charge on any atom is 0.408 e. The number of benzene rings is 1. The molecule has 1 aromatic rings. The lowest BCUT2D eigenvalue weighted by molar-refractivity contribution is -0.144. The van der Waals surface area contributed by atoms with Crippen molar-refractivity contribution < 1.29 is 29.3 Å². The lowest BCUT2D eigenvalue weighted by Gasteiger charge is -2.23. The van der Waals surface area contributed by atoms with Crippen LogP contribution < -0.4 is 5.32 Å². The highest BCUT2D eigenvalue weighted by molar-refractivity contribution is 9.08. The third kappa shape index (κ3) is 7.86. The fourth-order valence-electron chi connectivity index (χ4n) is 2.28. The fourth-order valence-corrected chi connectivity index (χ4v) is 2.65. The molecule has 0 saturated heterocycles. The smallest absolute Gasteiger partial charge is 0.408 e. The van der Waals surface area contributed by atoms with E-state index in [0.717, 1.165) is 11.1 Å². The first-order chi connectivity index (χ1) is 12.0. The van der Waals surface area contributed by atoms with Crippen LogP contribution in [0.25, 0.3) is 0 Å². The van der Waals surface area contributed by atoms with Gasteiger partial charge in [0.05, 0.1) is 5.92 Å². The SMILES string of the molecule is CC(C)(C)OC(=O)N[C@@H](C[C@H](Cc1ccc(CBr)cc1)C(=O)O)C(=O)O. The molecule has 3 N–H and O–H groups in total. The zero-order valence-electron chi connectivity index (χ0n) is 15.0. The van der Waals surface area contributed by atoms with Crippen molar-refractivity contribution in [2.24, 2.45) is 5.92 Å². The van der Waals surface area contributed by atoms with E-state index in [1.807, 2.05) is 24.3 Å². The van der Waals surface area contributed by atoms with Gasteiger partial charge in [0.25, 0.3) is 0 Å². The number of hydrogen-bond acceptors (Lipinski definition) is 4. The van der Waals surface area contributed by atoms with Crippen LogP contribution in [-0.4, -0.2) is 39.9 Å². The molecule has 0 fully saturated rings. The number of rotatable bonds is 8. The van der Waals surface area contributed by atoms with Crippen molar-refractivity contribution in [3.8, 4) is 0 Å². The minimum Gasteiger partial charge on any atom is -0.481 e. The number of halogens is 1. The summed E-state index contributed by atoms with van der Waals surface area (Å²) in [5.74, 6) is -3.38. The maximum atomic E-state index is 11.8. The van der Waals surface area contributed by atoms with Crippen LogP contribution in [0, 0.1) is 5.92 Å². The fraction of sp³-hybridized carbons (Fsp3) is 0.500. The molecular weight excluding hydrogens is 406 g/mol. The van der Waals surface area contributed by atoms with Gasteiger partial charge in [0, 0.05) is 5.33 Å². The van der Waals surface area contributed by atoms with E-state index in [4.69, 9.17) is 4.74 Å². The molecule has 0 saturated carbocycles. The standard InChI is InChI=1S/C18H24BrNO6/c1-18(2,3)26-17(25)20-14(16(23)24)9-13(15(21)22)8-11-4-6-12(10-19)7-5-11/h4-7,13-14H,8-10H2,1-3H3,(H,20,25)(H,21,22)(H,23,24)/t13-,14-/m0/s1. The van der Waals surface area contributed by atoms with Gasteiger partial charge >= 0.3 is 18.0 Å². The van der Waals surface area contributed by atoms with E-state index in [1.165, 1.54) is 0 Å². The van der Waals surface area contributed by atoms with Crippen molar-refractivity contribution in [2.45, 2.75) is 50.6 Å². The van der Waals surface area contributed by atoms with Gasteiger partial charge in [0.15, 0.2) is 0 Å². The van der Waals surface area contributed by atoms with E-state index in [1.54, 1.807) is 20.8 Å². The van der Waals surface area contributed by atoms with E-state index in [0.29, 0.717) is 5.33 Å². The van der Waals surface area contributed by atoms with E-state index >= 15 is 0 Å². The van der Waals surface area contributed by atoms with Crippen LogP contribution >= 0.6 is 15.9 Å². The monoisotopic (exact) mass is 429 g/mol. The molecule has 1 rings (SSSR count). The molecule has 7 nitrogen and oxygen atoms in total. The Kier molecular flexibility index (Phi) is 8.08. The van der Waals surface area contributed by atoms with Crippen molar-refractivity contribution in [1.29, 1.82) is 0 Å². The molecule has 0 unspecified atom stereocenters. The highest BCUT2D eigenvalue weighted by atomic mass is 79.9. The van der Waals surface area contributed by atoms with Gasteiger partial charge in [-0.15, -0.1) is 0 Å². The molecule has 1 amide bonds. The molecule has 0 aliphatic heterocycles. The molecule has 0 bridgehead atoms. The molecule has 1 aromatic carbocycles. The Morgan fingerprint density at radius 3 is 2.04 bits per heavy atom. The molecule has 0 aliphatic carbocycles. The van der Waals surface area contributed by atoms with Gasteiger partial charge in [-0.1, -0.05) is 40.2 Å². The molecule has 0 heterocycles. The number of aliphatic carboxylic acids is 2. The minimum absolute atomic E-state index is 0.164. The van der Waals surface area contributed by atoms with Crippen LogP contribution in [0.3, 0.4) is 0 Å². The number of carbonyl (C=O) groups is 3. The largest absolute Gasteiger partial charge is 0.481 e. The summed E-state index contributed by atoms with van der Waals surface area (Å²) in [5, 5.41) is 21.7. The van der Waals surface area contributed by atoms with Crippen LogP contribution in [0.1, 0.15) is 38.3 Å². The molecule has 26 heavy (non-hydrogen) atoms. The molecule has 0 radical (unpaired) electrons. The molecule has 8 heteroatoms. The second-order valence-electron chi connectivity index (χ2n) is 6.96. The number of nitrogens with one attached hydrogen (secondary N) is 1. The lowest BCUT2D eigenvalue weighted by Crippen LogP contribution is -2.45. The number of carboxylic acids is 2. The van der Waals surface area contributed by atoms with Gasteiger partial charge < -0.3 is 20.3 Å². The number of alkyl carbamates (subject to hydrolysis) is 1. The Balaban J connectivity index is 2.81. The van der Waals surface area contributed by atoms with Crippen LogP contribution in [0.15, 0.2) is 24.3 Å². The van der Waals surface area contributed by atoms with Gasteiger partial charge in [0.2, 0.25) is 0 Å². The maximum absolute atomic E-state index is 11.8. The summed E-state index contributed by atoms with van der Waals surface area (Å²) in [6.07, 6.45) is -0.974. The first kappa shape index (κ1) is 22.0. The van der Waals surface area contributed by atoms with Gasteiger partial charge in [-0.05, 0) is 44.7 Å². The van der Waals surface area contributed by atoms with Crippen LogP contribution in [0.4, 0.5) is 4.79 Å². The first-order valence-electron chi connectivity index (χ1n) is 8.10. The Morgan fingerprint density at radius 1 is 1.08 bits per heavy atom. The van der Waals surface area contributed by atoms with Crippen molar-refractivity contribution >= 4 is 34.0 Å². The van der Waals surface area contributed by atoms with E-state index in [-0.39, 0.29) is 12.8 Å². The Hall–Kier alpha value is -2.09. The summed E-state index contributed by atoms with van der Waals surface area (Å²) < 4.78 is 5.04. The van der Waals surface area contributed by atoms with E-state index in [2.05, 4.69) is 21.2 Å². The quantitative estimate of drug-likeness (QED) is 0.546. The van der Waals surface area contributed by atoms with Crippen LogP contribution in [0.2, 0.25) is 0 Å². The van der Waals surface area contributed by atoms with Crippen molar-refractivity contribution in [2.75, 3.05) is 0 Å². The summed E-state index contributed by atoms with van der Waals surface area (Å²) >= 11 is 3.34. The summed E-state index contributed by atoms with van der Waals surface area (Å²) in [5.41, 5.74) is 1.05. The minimum atomic E-state index is -1.35. The third-order valence-corrected chi connectivity index (χ3v) is 4.17. The Labute approximate surface area is 160 Å². The Morgan fingerprint density at radius 2 is 1.62 bits per heavy atom. The second-order valence-corrected chi connectivity index (χ2v) is 7.52. The molecule has 144 valence electrons. The highest BCUT2D eigenvalue weighted by Gasteiger charge is 2.30. The van der Waals surface area contributed by atoms with E-state index in [9.17, 15) is 24.6 Å². The van der Waals surface area contributed by atoms with E-state index < -0.39 is 35.6 Å².